The molecule has 2 aromatic rings. The Morgan fingerprint density at radius 1 is 1.32 bits per heavy atom. The monoisotopic (exact) mass is 361 g/mol. The minimum atomic E-state index is -0.331. The molecule has 0 aliphatic rings. The van der Waals surface area contributed by atoms with Crippen LogP contribution in [0.3, 0.4) is 0 Å². The highest BCUT2D eigenvalue weighted by Gasteiger charge is 2.24. The molecule has 25 heavy (non-hydrogen) atoms. The molecule has 2 rings (SSSR count). The van der Waals surface area contributed by atoms with Gasteiger partial charge in [-0.2, -0.15) is 0 Å². The normalized spacial score (nSPS) is 13.0. The summed E-state index contributed by atoms with van der Waals surface area (Å²) < 4.78 is 1.68. The van der Waals surface area contributed by atoms with E-state index in [1.165, 1.54) is 11.8 Å². The van der Waals surface area contributed by atoms with E-state index in [1.54, 1.807) is 10.6 Å². The third-order valence-electron chi connectivity index (χ3n) is 4.27. The van der Waals surface area contributed by atoms with E-state index in [0.717, 1.165) is 12.8 Å². The van der Waals surface area contributed by atoms with Gasteiger partial charge in [-0.3, -0.25) is 14.2 Å². The molecule has 0 radical (unpaired) electrons. The van der Waals surface area contributed by atoms with Gasteiger partial charge in [0.2, 0.25) is 5.91 Å². The Bertz CT molecular complexity index is 814. The SMILES string of the molecule is CCCn1c(SC(C)C(=O)NC(C)(C)CC)nc2ccccc2c1=O. The lowest BCUT2D eigenvalue weighted by Gasteiger charge is -2.26. The minimum Gasteiger partial charge on any atom is -0.350 e. The van der Waals surface area contributed by atoms with Gasteiger partial charge in [0.05, 0.1) is 16.2 Å². The van der Waals surface area contributed by atoms with E-state index in [9.17, 15) is 9.59 Å². The number of benzene rings is 1. The molecule has 0 aliphatic heterocycles. The maximum absolute atomic E-state index is 12.8. The van der Waals surface area contributed by atoms with Crippen LogP contribution in [0.1, 0.15) is 47.5 Å². The quantitative estimate of drug-likeness (QED) is 0.605. The first-order valence-electron chi connectivity index (χ1n) is 8.77. The molecule has 1 amide bonds. The number of amides is 1. The first kappa shape index (κ1) is 19.5. The lowest BCUT2D eigenvalue weighted by molar-refractivity contribution is -0.121. The Balaban J connectivity index is 2.34. The number of thioether (sulfide) groups is 1. The Labute approximate surface area is 153 Å². The number of aromatic nitrogens is 2. The molecule has 1 heterocycles. The highest BCUT2D eigenvalue weighted by molar-refractivity contribution is 8.00. The maximum atomic E-state index is 12.8. The largest absolute Gasteiger partial charge is 0.350 e. The second-order valence-corrected chi connectivity index (χ2v) is 8.16. The molecule has 0 spiro atoms. The van der Waals surface area contributed by atoms with Gasteiger partial charge in [-0.25, -0.2) is 4.98 Å². The van der Waals surface area contributed by atoms with Crippen molar-refractivity contribution in [1.29, 1.82) is 0 Å². The van der Waals surface area contributed by atoms with Crippen molar-refractivity contribution in [3.8, 4) is 0 Å². The fraction of sp³-hybridized carbons (Fsp3) is 0.526. The minimum absolute atomic E-state index is 0.0395. The summed E-state index contributed by atoms with van der Waals surface area (Å²) in [5.74, 6) is -0.0395. The van der Waals surface area contributed by atoms with E-state index in [4.69, 9.17) is 0 Å². The van der Waals surface area contributed by atoms with Crippen molar-refractivity contribution < 1.29 is 4.79 Å². The van der Waals surface area contributed by atoms with Crippen LogP contribution in [0.25, 0.3) is 10.9 Å². The van der Waals surface area contributed by atoms with E-state index >= 15 is 0 Å². The van der Waals surface area contributed by atoms with Crippen LogP contribution in [0, 0.1) is 0 Å². The van der Waals surface area contributed by atoms with E-state index in [-0.39, 0.29) is 22.3 Å². The number of nitrogens with one attached hydrogen (secondary N) is 1. The van der Waals surface area contributed by atoms with Crippen molar-refractivity contribution in [2.75, 3.05) is 0 Å². The molecule has 5 nitrogen and oxygen atoms in total. The second kappa shape index (κ2) is 8.04. The maximum Gasteiger partial charge on any atom is 0.262 e. The molecule has 0 saturated heterocycles. The van der Waals surface area contributed by atoms with Gasteiger partial charge in [0.15, 0.2) is 5.16 Å². The summed E-state index contributed by atoms with van der Waals surface area (Å²) in [6.07, 6.45) is 1.68. The van der Waals surface area contributed by atoms with Gasteiger partial charge < -0.3 is 5.32 Å². The van der Waals surface area contributed by atoms with Crippen molar-refractivity contribution in [2.45, 2.75) is 70.0 Å². The molecule has 6 heteroatoms. The standard InChI is InChI=1S/C19H27N3O2S/c1-6-12-22-17(24)14-10-8-9-11-15(14)20-18(22)25-13(3)16(23)21-19(4,5)7-2/h8-11,13H,6-7,12H2,1-5H3,(H,21,23). The average molecular weight is 362 g/mol. The lowest BCUT2D eigenvalue weighted by Crippen LogP contribution is -2.46. The first-order valence-corrected chi connectivity index (χ1v) is 9.65. The predicted octanol–water partition coefficient (Wildman–Crippen LogP) is 3.59. The van der Waals surface area contributed by atoms with Gasteiger partial charge in [-0.05, 0) is 45.7 Å². The Morgan fingerprint density at radius 3 is 2.64 bits per heavy atom. The fourth-order valence-electron chi connectivity index (χ4n) is 2.39. The van der Waals surface area contributed by atoms with E-state index in [2.05, 4.69) is 10.3 Å². The zero-order chi connectivity index (χ0) is 18.6. The second-order valence-electron chi connectivity index (χ2n) is 6.86. The molecule has 0 aliphatic carbocycles. The van der Waals surface area contributed by atoms with Crippen LogP contribution in [-0.4, -0.2) is 26.2 Å². The third-order valence-corrected chi connectivity index (χ3v) is 5.36. The number of hydrogen-bond donors (Lipinski definition) is 1. The number of hydrogen-bond acceptors (Lipinski definition) is 4. The van der Waals surface area contributed by atoms with Crippen molar-refractivity contribution in [3.05, 3.63) is 34.6 Å². The van der Waals surface area contributed by atoms with Gasteiger partial charge in [-0.1, -0.05) is 37.7 Å². The zero-order valence-electron chi connectivity index (χ0n) is 15.6. The summed E-state index contributed by atoms with van der Waals surface area (Å²) in [7, 11) is 0. The summed E-state index contributed by atoms with van der Waals surface area (Å²) in [6, 6.07) is 7.35. The summed E-state index contributed by atoms with van der Waals surface area (Å²) in [4.78, 5) is 29.9. The van der Waals surface area contributed by atoms with Gasteiger partial charge in [0, 0.05) is 12.1 Å². The fourth-order valence-corrected chi connectivity index (χ4v) is 3.33. The molecule has 0 saturated carbocycles. The molecule has 1 atom stereocenters. The Kier molecular flexibility index (Phi) is 6.27. The van der Waals surface area contributed by atoms with Gasteiger partial charge >= 0.3 is 0 Å². The highest BCUT2D eigenvalue weighted by Crippen LogP contribution is 2.23. The third kappa shape index (κ3) is 4.63. The molecule has 0 fully saturated rings. The van der Waals surface area contributed by atoms with Crippen molar-refractivity contribution >= 4 is 28.6 Å². The molecule has 1 aromatic carbocycles. The molecular weight excluding hydrogens is 334 g/mol. The predicted molar refractivity (Wildman–Crippen MR) is 104 cm³/mol. The van der Waals surface area contributed by atoms with Crippen LogP contribution in [-0.2, 0) is 11.3 Å². The van der Waals surface area contributed by atoms with Crippen LogP contribution in [0.15, 0.2) is 34.2 Å². The highest BCUT2D eigenvalue weighted by atomic mass is 32.2. The van der Waals surface area contributed by atoms with Crippen LogP contribution >= 0.6 is 11.8 Å². The molecule has 1 aromatic heterocycles. The van der Waals surface area contributed by atoms with Crippen LogP contribution in [0.5, 0.6) is 0 Å². The van der Waals surface area contributed by atoms with Crippen molar-refractivity contribution in [1.82, 2.24) is 14.9 Å². The number of rotatable bonds is 7. The number of para-hydroxylation sites is 1. The van der Waals surface area contributed by atoms with Gasteiger partial charge in [0.25, 0.3) is 5.56 Å². The Morgan fingerprint density at radius 2 is 2.00 bits per heavy atom. The first-order chi connectivity index (χ1) is 11.8. The van der Waals surface area contributed by atoms with Crippen LogP contribution in [0.2, 0.25) is 0 Å². The van der Waals surface area contributed by atoms with E-state index < -0.39 is 0 Å². The van der Waals surface area contributed by atoms with Crippen LogP contribution in [0.4, 0.5) is 0 Å². The zero-order valence-corrected chi connectivity index (χ0v) is 16.4. The molecule has 136 valence electrons. The topological polar surface area (TPSA) is 64.0 Å². The summed E-state index contributed by atoms with van der Waals surface area (Å²) >= 11 is 1.34. The number of nitrogens with zero attached hydrogens (tertiary/aromatic N) is 2. The van der Waals surface area contributed by atoms with Gasteiger partial charge in [-0.15, -0.1) is 0 Å². The molecule has 1 N–H and O–H groups in total. The number of fused-ring (bicyclic) bond motifs is 1. The summed E-state index contributed by atoms with van der Waals surface area (Å²) in [5, 5.41) is 3.94. The average Bonchev–Trinajstić information content (AvgIpc) is 2.58. The van der Waals surface area contributed by atoms with E-state index in [0.29, 0.717) is 22.6 Å². The van der Waals surface area contributed by atoms with E-state index in [1.807, 2.05) is 52.8 Å². The smallest absolute Gasteiger partial charge is 0.262 e. The Hall–Kier alpha value is -1.82. The lowest BCUT2D eigenvalue weighted by atomic mass is 10.0. The van der Waals surface area contributed by atoms with Crippen molar-refractivity contribution in [2.24, 2.45) is 0 Å². The van der Waals surface area contributed by atoms with Crippen molar-refractivity contribution in [3.63, 3.8) is 0 Å². The summed E-state index contributed by atoms with van der Waals surface area (Å²) in [5.41, 5.74) is 0.381. The van der Waals surface area contributed by atoms with Gasteiger partial charge in [0.1, 0.15) is 0 Å². The van der Waals surface area contributed by atoms with Crippen LogP contribution < -0.4 is 10.9 Å². The number of carbonyl (C=O) groups is 1. The number of carbonyl (C=O) groups excluding carboxylic acids is 1. The molecule has 1 unspecified atom stereocenters. The molecule has 0 bridgehead atoms. The summed E-state index contributed by atoms with van der Waals surface area (Å²) in [6.45, 7) is 10.5. The molecular formula is C19H27N3O2S.